The molecule has 9 heteroatoms. The molecule has 0 radical (unpaired) electrons. The second-order valence-corrected chi connectivity index (χ2v) is 6.23. The van der Waals surface area contributed by atoms with E-state index in [0.717, 1.165) is 40.9 Å². The molecule has 2 heterocycles. The number of aromatic amines is 1. The zero-order valence-electron chi connectivity index (χ0n) is 14.8. The first-order valence-electron chi connectivity index (χ1n) is 8.54. The molecule has 4 rings (SSSR count). The molecule has 0 spiro atoms. The van der Waals surface area contributed by atoms with Crippen LogP contribution in [0.1, 0.15) is 15.9 Å². The predicted octanol–water partition coefficient (Wildman–Crippen LogP) is 4.97. The van der Waals surface area contributed by atoms with Crippen LogP contribution in [0.15, 0.2) is 67.0 Å². The first-order valence-corrected chi connectivity index (χ1v) is 8.54. The first-order chi connectivity index (χ1) is 13.9. The number of nitrogens with zero attached hydrogens (tertiary/aromatic N) is 2. The van der Waals surface area contributed by atoms with Gasteiger partial charge in [-0.1, -0.05) is 0 Å². The van der Waals surface area contributed by atoms with Crippen molar-refractivity contribution < 1.29 is 18.0 Å². The highest BCUT2D eigenvalue weighted by molar-refractivity contribution is 6.05. The van der Waals surface area contributed by atoms with E-state index < -0.39 is 17.6 Å². The van der Waals surface area contributed by atoms with E-state index in [-0.39, 0.29) is 5.56 Å². The topological polar surface area (TPSA) is 82.7 Å². The fourth-order valence-electron chi connectivity index (χ4n) is 2.76. The molecule has 0 aliphatic heterocycles. The molecule has 0 fully saturated rings. The largest absolute Gasteiger partial charge is 0.416 e. The van der Waals surface area contributed by atoms with Gasteiger partial charge >= 0.3 is 6.18 Å². The van der Waals surface area contributed by atoms with Crippen LogP contribution in [0.2, 0.25) is 0 Å². The lowest BCUT2D eigenvalue weighted by Gasteiger charge is -2.12. The van der Waals surface area contributed by atoms with Crippen molar-refractivity contribution in [3.05, 3.63) is 78.1 Å². The van der Waals surface area contributed by atoms with Crippen molar-refractivity contribution >= 4 is 34.0 Å². The summed E-state index contributed by atoms with van der Waals surface area (Å²) >= 11 is 0. The number of aromatic nitrogens is 3. The van der Waals surface area contributed by atoms with Crippen molar-refractivity contribution in [3.8, 4) is 0 Å². The van der Waals surface area contributed by atoms with E-state index in [1.807, 2.05) is 18.2 Å². The van der Waals surface area contributed by atoms with Crippen molar-refractivity contribution in [2.24, 2.45) is 0 Å². The van der Waals surface area contributed by atoms with Gasteiger partial charge in [0.15, 0.2) is 5.82 Å². The molecule has 3 N–H and O–H groups in total. The number of carbonyl (C=O) groups is 1. The van der Waals surface area contributed by atoms with Gasteiger partial charge in [0.2, 0.25) is 0 Å². The number of halogens is 3. The Morgan fingerprint density at radius 2 is 1.83 bits per heavy atom. The lowest BCUT2D eigenvalue weighted by Crippen LogP contribution is -2.14. The molecule has 29 heavy (non-hydrogen) atoms. The highest BCUT2D eigenvalue weighted by Gasteiger charge is 2.30. The van der Waals surface area contributed by atoms with E-state index in [4.69, 9.17) is 0 Å². The molecule has 0 saturated heterocycles. The van der Waals surface area contributed by atoms with Crippen LogP contribution >= 0.6 is 0 Å². The van der Waals surface area contributed by atoms with E-state index in [1.165, 1.54) is 0 Å². The number of carbonyl (C=O) groups excluding carboxylic acids is 1. The summed E-state index contributed by atoms with van der Waals surface area (Å²) in [5, 5.41) is 13.6. The lowest BCUT2D eigenvalue weighted by molar-refractivity contribution is -0.137. The van der Waals surface area contributed by atoms with Gasteiger partial charge in [0.05, 0.1) is 23.0 Å². The fourth-order valence-corrected chi connectivity index (χ4v) is 2.76. The van der Waals surface area contributed by atoms with E-state index in [9.17, 15) is 18.0 Å². The van der Waals surface area contributed by atoms with Crippen LogP contribution < -0.4 is 10.6 Å². The minimum atomic E-state index is -4.45. The van der Waals surface area contributed by atoms with Crippen LogP contribution in [0.4, 0.5) is 30.4 Å². The van der Waals surface area contributed by atoms with Gasteiger partial charge in [-0.3, -0.25) is 9.89 Å². The van der Waals surface area contributed by atoms with Gasteiger partial charge in [0.25, 0.3) is 5.91 Å². The molecule has 1 amide bonds. The van der Waals surface area contributed by atoms with Gasteiger partial charge in [-0.15, -0.1) is 0 Å². The highest BCUT2D eigenvalue weighted by Crippen LogP contribution is 2.29. The third-order valence-corrected chi connectivity index (χ3v) is 4.23. The molecule has 0 aliphatic rings. The SMILES string of the molecule is O=C(Nc1cccnc1Nc1ccc2cn[nH]c2c1)c1ccc(C(F)(F)F)cc1. The molecule has 0 saturated carbocycles. The highest BCUT2D eigenvalue weighted by atomic mass is 19.4. The maximum atomic E-state index is 12.7. The second-order valence-electron chi connectivity index (χ2n) is 6.23. The number of benzene rings is 2. The quantitative estimate of drug-likeness (QED) is 0.454. The Morgan fingerprint density at radius 3 is 2.59 bits per heavy atom. The summed E-state index contributed by atoms with van der Waals surface area (Å²) < 4.78 is 38.0. The van der Waals surface area contributed by atoms with E-state index in [0.29, 0.717) is 11.5 Å². The number of hydrogen-bond acceptors (Lipinski definition) is 4. The number of hydrogen-bond donors (Lipinski definition) is 3. The molecule has 6 nitrogen and oxygen atoms in total. The number of pyridine rings is 1. The lowest BCUT2D eigenvalue weighted by atomic mass is 10.1. The third kappa shape index (κ3) is 4.03. The number of amides is 1. The summed E-state index contributed by atoms with van der Waals surface area (Å²) in [6, 6.07) is 12.9. The van der Waals surface area contributed by atoms with E-state index in [1.54, 1.807) is 24.5 Å². The smallest absolute Gasteiger partial charge is 0.338 e. The molecule has 2 aromatic carbocycles. The standard InChI is InChI=1S/C20H14F3N5O/c21-20(22,23)14-6-3-12(4-7-14)19(29)27-16-2-1-9-24-18(16)26-15-8-5-13-11-25-28-17(13)10-15/h1-11H,(H,24,26)(H,25,28)(H,27,29). The minimum absolute atomic E-state index is 0.103. The Kier molecular flexibility index (Phi) is 4.63. The summed E-state index contributed by atoms with van der Waals surface area (Å²) in [7, 11) is 0. The monoisotopic (exact) mass is 397 g/mol. The maximum Gasteiger partial charge on any atom is 0.416 e. The summed E-state index contributed by atoms with van der Waals surface area (Å²) in [6.07, 6.45) is -1.19. The fraction of sp³-hybridized carbons (Fsp3) is 0.0500. The van der Waals surface area contributed by atoms with Crippen LogP contribution in [0.3, 0.4) is 0 Å². The number of fused-ring (bicyclic) bond motifs is 1. The number of anilines is 3. The molecule has 146 valence electrons. The van der Waals surface area contributed by atoms with Crippen LogP contribution in [0, 0.1) is 0 Å². The maximum absolute atomic E-state index is 12.7. The average molecular weight is 397 g/mol. The Morgan fingerprint density at radius 1 is 1.03 bits per heavy atom. The van der Waals surface area contributed by atoms with Gasteiger partial charge in [0, 0.05) is 22.8 Å². The molecule has 4 aromatic rings. The predicted molar refractivity (Wildman–Crippen MR) is 103 cm³/mol. The molecule has 0 unspecified atom stereocenters. The van der Waals surface area contributed by atoms with Crippen molar-refractivity contribution in [1.82, 2.24) is 15.2 Å². The van der Waals surface area contributed by atoms with Crippen LogP contribution in [0.25, 0.3) is 10.9 Å². The van der Waals surface area contributed by atoms with Crippen LogP contribution in [-0.4, -0.2) is 21.1 Å². The molecular weight excluding hydrogens is 383 g/mol. The Hall–Kier alpha value is -3.88. The number of rotatable bonds is 4. The Balaban J connectivity index is 1.54. The average Bonchev–Trinajstić information content (AvgIpc) is 3.17. The van der Waals surface area contributed by atoms with Crippen LogP contribution in [-0.2, 0) is 6.18 Å². The van der Waals surface area contributed by atoms with E-state index >= 15 is 0 Å². The van der Waals surface area contributed by atoms with Gasteiger partial charge in [0.1, 0.15) is 0 Å². The zero-order chi connectivity index (χ0) is 20.4. The number of alkyl halides is 3. The second kappa shape index (κ2) is 7.27. The first kappa shape index (κ1) is 18.5. The van der Waals surface area contributed by atoms with Crippen LogP contribution in [0.5, 0.6) is 0 Å². The van der Waals surface area contributed by atoms with Crippen molar-refractivity contribution in [2.45, 2.75) is 6.18 Å². The van der Waals surface area contributed by atoms with Crippen molar-refractivity contribution in [3.63, 3.8) is 0 Å². The van der Waals surface area contributed by atoms with Gasteiger partial charge < -0.3 is 10.6 Å². The summed E-state index contributed by atoms with van der Waals surface area (Å²) in [6.45, 7) is 0. The summed E-state index contributed by atoms with van der Waals surface area (Å²) in [5.74, 6) is -0.148. The third-order valence-electron chi connectivity index (χ3n) is 4.23. The van der Waals surface area contributed by atoms with Crippen molar-refractivity contribution in [1.29, 1.82) is 0 Å². The van der Waals surface area contributed by atoms with Gasteiger partial charge in [-0.25, -0.2) is 4.98 Å². The minimum Gasteiger partial charge on any atom is -0.338 e. The summed E-state index contributed by atoms with van der Waals surface area (Å²) in [4.78, 5) is 16.7. The summed E-state index contributed by atoms with van der Waals surface area (Å²) in [5.41, 5.74) is 1.24. The van der Waals surface area contributed by atoms with Gasteiger partial charge in [-0.2, -0.15) is 18.3 Å². The molecular formula is C20H14F3N5O. The van der Waals surface area contributed by atoms with Crippen molar-refractivity contribution in [2.75, 3.05) is 10.6 Å². The molecule has 2 aromatic heterocycles. The Bertz CT molecular complexity index is 1170. The Labute approximate surface area is 162 Å². The molecule has 0 bridgehead atoms. The molecule has 0 aliphatic carbocycles. The number of H-pyrrole nitrogens is 1. The van der Waals surface area contributed by atoms with Gasteiger partial charge in [-0.05, 0) is 54.6 Å². The number of nitrogens with one attached hydrogen (secondary N) is 3. The van der Waals surface area contributed by atoms with E-state index in [2.05, 4.69) is 25.8 Å². The zero-order valence-corrected chi connectivity index (χ0v) is 14.8. The molecule has 0 atom stereocenters. The normalized spacial score (nSPS) is 11.4.